The van der Waals surface area contributed by atoms with Crippen LogP contribution in [0, 0.1) is 0 Å². The number of allylic oxidation sites excluding steroid dienone is 18. The van der Waals surface area contributed by atoms with E-state index in [4.69, 9.17) is 23.7 Å². The van der Waals surface area contributed by atoms with Gasteiger partial charge in [0.1, 0.15) is 18.8 Å². The maximum absolute atomic E-state index is 13.2. The molecule has 6 unspecified atom stereocenters. The Hall–Kier alpha value is -4.62. The first kappa shape index (κ1) is 74.4. The third-order valence-corrected chi connectivity index (χ3v) is 13.9. The van der Waals surface area contributed by atoms with E-state index in [1.54, 1.807) is 0 Å². The van der Waals surface area contributed by atoms with Crippen molar-refractivity contribution in [1.29, 1.82) is 0 Å². The number of aliphatic hydroxyl groups excluding tert-OH is 2. The van der Waals surface area contributed by atoms with Crippen LogP contribution in [-0.4, -0.2) is 89.2 Å². The molecule has 81 heavy (non-hydrogen) atoms. The number of carboxylic acids is 1. The normalized spacial score (nSPS) is 18.5. The number of hydrogen-bond acceptors (Lipinski definition) is 11. The number of rotatable bonds is 53. The molecular weight excluding hydrogens is 1020 g/mol. The smallest absolute Gasteiger partial charge is 0.335 e. The van der Waals surface area contributed by atoms with Crippen LogP contribution in [0.15, 0.2) is 109 Å². The van der Waals surface area contributed by atoms with Gasteiger partial charge in [0.25, 0.3) is 0 Å². The number of carbonyl (C=O) groups is 4. The molecule has 460 valence electrons. The summed E-state index contributed by atoms with van der Waals surface area (Å²) in [6.07, 6.45) is 63.6. The summed E-state index contributed by atoms with van der Waals surface area (Å²) in [5.41, 5.74) is 0. The van der Waals surface area contributed by atoms with E-state index in [-0.39, 0.29) is 25.9 Å². The van der Waals surface area contributed by atoms with Crippen molar-refractivity contribution in [3.8, 4) is 0 Å². The van der Waals surface area contributed by atoms with E-state index in [0.29, 0.717) is 25.7 Å². The second-order valence-corrected chi connectivity index (χ2v) is 21.3. The van der Waals surface area contributed by atoms with Crippen molar-refractivity contribution in [2.45, 2.75) is 289 Å². The van der Waals surface area contributed by atoms with Crippen LogP contribution in [0.1, 0.15) is 252 Å². The van der Waals surface area contributed by atoms with E-state index in [2.05, 4.69) is 112 Å². The predicted molar refractivity (Wildman–Crippen MR) is 330 cm³/mol. The van der Waals surface area contributed by atoms with Gasteiger partial charge in [0.2, 0.25) is 0 Å². The van der Waals surface area contributed by atoms with Crippen LogP contribution >= 0.6 is 0 Å². The zero-order valence-corrected chi connectivity index (χ0v) is 50.7. The lowest BCUT2D eigenvalue weighted by Crippen LogP contribution is -2.61. The van der Waals surface area contributed by atoms with Crippen molar-refractivity contribution in [1.82, 2.24) is 0 Å². The van der Waals surface area contributed by atoms with Gasteiger partial charge in [-0.2, -0.15) is 0 Å². The topological polar surface area (TPSA) is 175 Å². The largest absolute Gasteiger partial charge is 0.479 e. The minimum absolute atomic E-state index is 0.0678. The van der Waals surface area contributed by atoms with Crippen molar-refractivity contribution in [2.75, 3.05) is 13.2 Å². The molecule has 1 saturated heterocycles. The first-order chi connectivity index (χ1) is 39.6. The number of aliphatic hydroxyl groups is 2. The zero-order chi connectivity index (χ0) is 58.9. The number of carbonyl (C=O) groups excluding carboxylic acids is 3. The van der Waals surface area contributed by atoms with Crippen LogP contribution < -0.4 is 0 Å². The Labute approximate surface area is 491 Å². The third kappa shape index (κ3) is 45.6. The van der Waals surface area contributed by atoms with E-state index >= 15 is 0 Å². The highest BCUT2D eigenvalue weighted by Crippen LogP contribution is 2.26. The van der Waals surface area contributed by atoms with Gasteiger partial charge in [-0.25, -0.2) is 4.79 Å². The molecule has 12 heteroatoms. The summed E-state index contributed by atoms with van der Waals surface area (Å²) in [5.74, 6) is -3.27. The summed E-state index contributed by atoms with van der Waals surface area (Å²) in [4.78, 5) is 51.2. The van der Waals surface area contributed by atoms with E-state index in [1.165, 1.54) is 96.3 Å². The molecule has 0 spiro atoms. The molecule has 0 amide bonds. The molecule has 0 bridgehead atoms. The maximum Gasteiger partial charge on any atom is 0.335 e. The van der Waals surface area contributed by atoms with Crippen molar-refractivity contribution in [3.05, 3.63) is 109 Å². The van der Waals surface area contributed by atoms with Crippen LogP contribution in [0.3, 0.4) is 0 Å². The molecule has 0 aromatic carbocycles. The Kier molecular flexibility index (Phi) is 51.3. The first-order valence-electron chi connectivity index (χ1n) is 31.9. The van der Waals surface area contributed by atoms with Gasteiger partial charge >= 0.3 is 23.9 Å². The van der Waals surface area contributed by atoms with Crippen LogP contribution in [-0.2, 0) is 42.9 Å². The number of aliphatic carboxylic acids is 1. The van der Waals surface area contributed by atoms with Gasteiger partial charge in [-0.3, -0.25) is 14.4 Å². The van der Waals surface area contributed by atoms with Gasteiger partial charge in [-0.15, -0.1) is 0 Å². The van der Waals surface area contributed by atoms with E-state index in [9.17, 15) is 34.5 Å². The van der Waals surface area contributed by atoms with Crippen LogP contribution in [0.4, 0.5) is 0 Å². The van der Waals surface area contributed by atoms with Crippen LogP contribution in [0.2, 0.25) is 0 Å². The Morgan fingerprint density at radius 1 is 0.420 bits per heavy atom. The van der Waals surface area contributed by atoms with Crippen LogP contribution in [0.5, 0.6) is 0 Å². The summed E-state index contributed by atoms with van der Waals surface area (Å²) in [5, 5.41) is 31.5. The number of ether oxygens (including phenoxy) is 5. The molecule has 6 atom stereocenters. The average Bonchev–Trinajstić information content (AvgIpc) is 3.46. The highest BCUT2D eigenvalue weighted by molar-refractivity contribution is 5.74. The molecule has 1 rings (SSSR count). The first-order valence-corrected chi connectivity index (χ1v) is 31.9. The number of unbranched alkanes of at least 4 members (excludes halogenated alkanes) is 21. The highest BCUT2D eigenvalue weighted by Gasteiger charge is 2.50. The Balaban J connectivity index is 2.71. The van der Waals surface area contributed by atoms with Gasteiger partial charge in [-0.05, 0) is 89.9 Å². The van der Waals surface area contributed by atoms with Crippen molar-refractivity contribution >= 4 is 23.9 Å². The van der Waals surface area contributed by atoms with E-state index in [0.717, 1.165) is 89.9 Å². The minimum atomic E-state index is -1.93. The Morgan fingerprint density at radius 2 is 0.802 bits per heavy atom. The molecule has 0 aromatic heterocycles. The maximum atomic E-state index is 13.2. The molecule has 1 fully saturated rings. The lowest BCUT2D eigenvalue weighted by molar-refractivity contribution is -0.301. The summed E-state index contributed by atoms with van der Waals surface area (Å²) in [7, 11) is 0. The molecule has 0 radical (unpaired) electrons. The summed E-state index contributed by atoms with van der Waals surface area (Å²) in [6, 6.07) is 0. The van der Waals surface area contributed by atoms with Gasteiger partial charge in [0, 0.05) is 19.3 Å². The van der Waals surface area contributed by atoms with Gasteiger partial charge in [0.05, 0.1) is 6.61 Å². The van der Waals surface area contributed by atoms with Gasteiger partial charge in [0.15, 0.2) is 24.6 Å². The number of esters is 3. The standard InChI is InChI=1S/C69H112O12/c1-4-7-10-13-16-19-22-25-27-29-31-33-35-38-40-43-46-49-52-55-61(70)77-58-60(79-62(71)56-53-50-47-44-42-39-36-34-32-30-28-26-23-20-17-14-11-8-5-2)59-78-69-67(65(74)64(73)66(81-69)68(75)76)80-63(72)57-54-51-48-45-41-37-24-21-18-15-12-9-6-3/h7,9-10,12,16,18-19,21,25,27,31,33,37-38,40-41,48,51,60,64-67,69,73-74H,4-6,8,11,13-15,17,20,22-24,26,28-30,32,34-36,39,42-47,49-50,52-59H2,1-3H3,(H,75,76)/b10-7-,12-9-,19-16-,21-18-,27-25-,33-31-,40-38-,41-37-,51-48-. The predicted octanol–water partition coefficient (Wildman–Crippen LogP) is 17.0. The van der Waals surface area contributed by atoms with E-state index in [1.807, 2.05) is 18.2 Å². The number of hydrogen-bond donors (Lipinski definition) is 3. The molecule has 3 N–H and O–H groups in total. The lowest BCUT2D eigenvalue weighted by atomic mass is 9.98. The molecule has 1 heterocycles. The molecule has 0 aromatic rings. The molecule has 1 aliphatic rings. The Morgan fingerprint density at radius 3 is 1.23 bits per heavy atom. The van der Waals surface area contributed by atoms with Gasteiger partial charge in [-0.1, -0.05) is 252 Å². The monoisotopic (exact) mass is 1130 g/mol. The fourth-order valence-electron chi connectivity index (χ4n) is 9.06. The molecule has 0 saturated carbocycles. The fourth-order valence-corrected chi connectivity index (χ4v) is 9.06. The van der Waals surface area contributed by atoms with Crippen molar-refractivity contribution < 1.29 is 58.2 Å². The summed E-state index contributed by atoms with van der Waals surface area (Å²) in [6.45, 7) is 5.72. The molecule has 12 nitrogen and oxygen atoms in total. The van der Waals surface area contributed by atoms with Gasteiger partial charge < -0.3 is 39.0 Å². The lowest BCUT2D eigenvalue weighted by Gasteiger charge is -2.40. The van der Waals surface area contributed by atoms with E-state index < -0.39 is 67.3 Å². The summed E-state index contributed by atoms with van der Waals surface area (Å²) >= 11 is 0. The third-order valence-electron chi connectivity index (χ3n) is 13.9. The van der Waals surface area contributed by atoms with Crippen molar-refractivity contribution in [2.24, 2.45) is 0 Å². The minimum Gasteiger partial charge on any atom is -0.479 e. The average molecular weight is 1130 g/mol. The zero-order valence-electron chi connectivity index (χ0n) is 50.7. The quantitative estimate of drug-likeness (QED) is 0.0228. The fraction of sp³-hybridized carbons (Fsp3) is 0.681. The molecular formula is C69H112O12. The highest BCUT2D eigenvalue weighted by atomic mass is 16.7. The second kappa shape index (κ2) is 55.9. The van der Waals surface area contributed by atoms with Crippen LogP contribution in [0.25, 0.3) is 0 Å². The summed E-state index contributed by atoms with van der Waals surface area (Å²) < 4.78 is 28.4. The Bertz CT molecular complexity index is 1820. The molecule has 0 aliphatic carbocycles. The van der Waals surface area contributed by atoms with Crippen molar-refractivity contribution in [3.63, 3.8) is 0 Å². The SMILES string of the molecule is CC/C=C\C/C=C\C/C=C\C/C=C\C/C=C\CCCCCC(=O)OCC(COC1OC(C(=O)O)C(O)C(O)C1OC(=O)CC/C=C\C/C=C\C/C=C\C/C=C\CC)OC(=O)CCCCCCCCCCCCCCCCCCCCC. The number of carboxylic acid groups (broad SMARTS) is 1. The molecule has 1 aliphatic heterocycles. The second-order valence-electron chi connectivity index (χ2n) is 21.3.